The van der Waals surface area contributed by atoms with Crippen molar-refractivity contribution in [3.63, 3.8) is 0 Å². The highest BCUT2D eigenvalue weighted by Gasteiger charge is 2.18. The van der Waals surface area contributed by atoms with E-state index in [0.29, 0.717) is 6.42 Å². The highest BCUT2D eigenvalue weighted by Crippen LogP contribution is 2.24. The van der Waals surface area contributed by atoms with E-state index in [0.717, 1.165) is 41.8 Å². The fraction of sp³-hybridized carbons (Fsp3) is 0.364. The first kappa shape index (κ1) is 19.7. The number of carbonyl (C=O) groups excluding carboxylic acids is 2. The Hall–Kier alpha value is -2.62. The van der Waals surface area contributed by atoms with Gasteiger partial charge in [-0.2, -0.15) is 0 Å². The molecule has 138 valence electrons. The molecule has 0 aliphatic heterocycles. The molecule has 0 heterocycles. The molecule has 0 aliphatic carbocycles. The van der Waals surface area contributed by atoms with Crippen LogP contribution in [0.2, 0.25) is 0 Å². The average Bonchev–Trinajstić information content (AvgIpc) is 2.64. The predicted octanol–water partition coefficient (Wildman–Crippen LogP) is 5.26. The van der Waals surface area contributed by atoms with E-state index in [1.165, 1.54) is 0 Å². The van der Waals surface area contributed by atoms with E-state index in [1.54, 1.807) is 0 Å². The Labute approximate surface area is 156 Å². The summed E-state index contributed by atoms with van der Waals surface area (Å²) >= 11 is 0. The third-order valence-corrected chi connectivity index (χ3v) is 4.45. The van der Waals surface area contributed by atoms with Gasteiger partial charge in [-0.15, -0.1) is 0 Å². The highest BCUT2D eigenvalue weighted by atomic mass is 16.2. The molecule has 0 aromatic heterocycles. The second-order valence-corrected chi connectivity index (χ2v) is 6.54. The van der Waals surface area contributed by atoms with Gasteiger partial charge in [0.1, 0.15) is 0 Å². The molecule has 2 aromatic rings. The summed E-state index contributed by atoms with van der Waals surface area (Å²) in [5.41, 5.74) is 3.48. The molecule has 4 heteroatoms. The smallest absolute Gasteiger partial charge is 0.231 e. The molecule has 1 atom stereocenters. The van der Waals surface area contributed by atoms with Crippen molar-refractivity contribution in [1.82, 2.24) is 0 Å². The van der Waals surface area contributed by atoms with Crippen LogP contribution >= 0.6 is 0 Å². The third kappa shape index (κ3) is 5.45. The van der Waals surface area contributed by atoms with Crippen LogP contribution < -0.4 is 10.6 Å². The Morgan fingerprint density at radius 2 is 1.73 bits per heavy atom. The van der Waals surface area contributed by atoms with Crippen LogP contribution in [0.1, 0.15) is 56.6 Å². The summed E-state index contributed by atoms with van der Waals surface area (Å²) in [4.78, 5) is 24.5. The summed E-state index contributed by atoms with van der Waals surface area (Å²) in [5.74, 6) is -0.162. The van der Waals surface area contributed by atoms with Crippen LogP contribution in [0, 0.1) is 6.92 Å². The highest BCUT2D eigenvalue weighted by molar-refractivity contribution is 5.97. The van der Waals surface area contributed by atoms with Crippen LogP contribution in [0.15, 0.2) is 48.5 Å². The normalized spacial score (nSPS) is 11.7. The number of anilines is 2. The molecular weight excluding hydrogens is 324 g/mol. The van der Waals surface area contributed by atoms with E-state index in [1.807, 2.05) is 62.4 Å². The maximum atomic E-state index is 12.7. The molecule has 0 saturated carbocycles. The predicted molar refractivity (Wildman–Crippen MR) is 107 cm³/mol. The zero-order chi connectivity index (χ0) is 18.9. The number of benzene rings is 2. The number of amides is 2. The minimum atomic E-state index is -0.176. The fourth-order valence-corrected chi connectivity index (χ4v) is 2.92. The van der Waals surface area contributed by atoms with Gasteiger partial charge in [-0.1, -0.05) is 50.6 Å². The van der Waals surface area contributed by atoms with Gasteiger partial charge in [0.25, 0.3) is 0 Å². The van der Waals surface area contributed by atoms with E-state index >= 15 is 0 Å². The average molecular weight is 352 g/mol. The van der Waals surface area contributed by atoms with Gasteiger partial charge in [0.05, 0.1) is 5.92 Å². The minimum Gasteiger partial charge on any atom is -0.326 e. The summed E-state index contributed by atoms with van der Waals surface area (Å²) in [6.45, 7) is 6.01. The quantitative estimate of drug-likeness (QED) is 0.681. The second kappa shape index (κ2) is 9.76. The van der Waals surface area contributed by atoms with Crippen molar-refractivity contribution in [3.8, 4) is 0 Å². The third-order valence-electron chi connectivity index (χ3n) is 4.45. The lowest BCUT2D eigenvalue weighted by Gasteiger charge is -2.16. The molecule has 26 heavy (non-hydrogen) atoms. The van der Waals surface area contributed by atoms with Crippen molar-refractivity contribution in [2.75, 3.05) is 10.6 Å². The fourth-order valence-electron chi connectivity index (χ4n) is 2.92. The number of unbranched alkanes of at least 4 members (excludes halogenated alkanes) is 1. The van der Waals surface area contributed by atoms with Crippen LogP contribution in [0.4, 0.5) is 11.4 Å². The topological polar surface area (TPSA) is 58.2 Å². The monoisotopic (exact) mass is 352 g/mol. The van der Waals surface area contributed by atoms with E-state index in [4.69, 9.17) is 0 Å². The lowest BCUT2D eigenvalue weighted by atomic mass is 9.95. The van der Waals surface area contributed by atoms with Gasteiger partial charge in [-0.05, 0) is 49.1 Å². The first-order valence-electron chi connectivity index (χ1n) is 9.31. The maximum absolute atomic E-state index is 12.7. The van der Waals surface area contributed by atoms with E-state index in [2.05, 4.69) is 17.6 Å². The second-order valence-electron chi connectivity index (χ2n) is 6.54. The number of nitrogens with one attached hydrogen (secondary N) is 2. The van der Waals surface area contributed by atoms with Gasteiger partial charge in [0, 0.05) is 17.8 Å². The zero-order valence-electron chi connectivity index (χ0n) is 15.8. The molecule has 0 radical (unpaired) electrons. The lowest BCUT2D eigenvalue weighted by molar-refractivity contribution is -0.118. The largest absolute Gasteiger partial charge is 0.326 e. The van der Waals surface area contributed by atoms with E-state index in [-0.39, 0.29) is 17.7 Å². The lowest BCUT2D eigenvalue weighted by Crippen LogP contribution is -2.20. The van der Waals surface area contributed by atoms with Crippen LogP contribution in [0.5, 0.6) is 0 Å². The van der Waals surface area contributed by atoms with Crippen molar-refractivity contribution in [2.45, 2.75) is 52.4 Å². The molecule has 2 rings (SSSR count). The molecular formula is C22H28N2O2. The number of rotatable bonds is 8. The van der Waals surface area contributed by atoms with Gasteiger partial charge >= 0.3 is 0 Å². The van der Waals surface area contributed by atoms with Crippen molar-refractivity contribution < 1.29 is 9.59 Å². The summed E-state index contributed by atoms with van der Waals surface area (Å²) in [6, 6.07) is 15.4. The molecule has 0 bridgehead atoms. The van der Waals surface area contributed by atoms with Crippen LogP contribution in [-0.4, -0.2) is 11.8 Å². The molecule has 0 aliphatic rings. The van der Waals surface area contributed by atoms with Crippen molar-refractivity contribution in [1.29, 1.82) is 0 Å². The van der Waals surface area contributed by atoms with Gasteiger partial charge in [0.15, 0.2) is 0 Å². The maximum Gasteiger partial charge on any atom is 0.231 e. The number of carbonyl (C=O) groups is 2. The molecule has 4 nitrogen and oxygen atoms in total. The minimum absolute atomic E-state index is 0.0159. The van der Waals surface area contributed by atoms with Crippen LogP contribution in [-0.2, 0) is 9.59 Å². The Bertz CT molecular complexity index is 741. The van der Waals surface area contributed by atoms with E-state index in [9.17, 15) is 9.59 Å². The van der Waals surface area contributed by atoms with Crippen molar-refractivity contribution in [2.24, 2.45) is 0 Å². The van der Waals surface area contributed by atoms with Crippen molar-refractivity contribution >= 4 is 23.2 Å². The Morgan fingerprint density at radius 1 is 1.00 bits per heavy atom. The van der Waals surface area contributed by atoms with E-state index < -0.39 is 0 Å². The molecule has 2 N–H and O–H groups in total. The number of aryl methyl sites for hydroxylation is 1. The Balaban J connectivity index is 2.04. The van der Waals surface area contributed by atoms with Gasteiger partial charge in [0.2, 0.25) is 11.8 Å². The summed E-state index contributed by atoms with van der Waals surface area (Å²) in [6.07, 6.45) is 3.15. The summed E-state index contributed by atoms with van der Waals surface area (Å²) in [7, 11) is 0. The standard InChI is InChI=1S/C22H28N2O2/c1-4-6-12-21(25)24-20-14-13-18(15-16(20)3)23-22(26)19(5-2)17-10-8-7-9-11-17/h7-11,13-15,19H,4-6,12H2,1-3H3,(H,23,26)(H,24,25)/t19-/m0/s1. The first-order valence-corrected chi connectivity index (χ1v) is 9.31. The van der Waals surface area contributed by atoms with Gasteiger partial charge < -0.3 is 10.6 Å². The molecule has 0 fully saturated rings. The first-order chi connectivity index (χ1) is 12.5. The SMILES string of the molecule is CCCCC(=O)Nc1ccc(NC(=O)[C@@H](CC)c2ccccc2)cc1C. The molecule has 2 aromatic carbocycles. The number of hydrogen-bond donors (Lipinski definition) is 2. The van der Waals surface area contributed by atoms with Crippen LogP contribution in [0.3, 0.4) is 0 Å². The molecule has 0 saturated heterocycles. The van der Waals surface area contributed by atoms with Gasteiger partial charge in [-0.25, -0.2) is 0 Å². The van der Waals surface area contributed by atoms with Gasteiger partial charge in [-0.3, -0.25) is 9.59 Å². The Morgan fingerprint density at radius 3 is 2.35 bits per heavy atom. The Kier molecular flexibility index (Phi) is 7.39. The summed E-state index contributed by atoms with van der Waals surface area (Å²) in [5, 5.41) is 5.93. The number of hydrogen-bond acceptors (Lipinski definition) is 2. The van der Waals surface area contributed by atoms with Crippen LogP contribution in [0.25, 0.3) is 0 Å². The molecule has 2 amide bonds. The summed E-state index contributed by atoms with van der Waals surface area (Å²) < 4.78 is 0. The molecule has 0 spiro atoms. The zero-order valence-corrected chi connectivity index (χ0v) is 15.8. The van der Waals surface area contributed by atoms with Crippen molar-refractivity contribution in [3.05, 3.63) is 59.7 Å². The molecule has 0 unspecified atom stereocenters.